The van der Waals surface area contributed by atoms with E-state index in [9.17, 15) is 14.4 Å². The van der Waals surface area contributed by atoms with Gasteiger partial charge in [0.25, 0.3) is 0 Å². The molecule has 5 rings (SSSR count). The van der Waals surface area contributed by atoms with Crippen molar-refractivity contribution in [2.24, 2.45) is 0 Å². The van der Waals surface area contributed by atoms with Crippen molar-refractivity contribution in [3.05, 3.63) is 124 Å². The summed E-state index contributed by atoms with van der Waals surface area (Å²) >= 11 is 0. The zero-order valence-corrected chi connectivity index (χ0v) is 23.2. The van der Waals surface area contributed by atoms with Crippen molar-refractivity contribution in [3.8, 4) is 17.2 Å². The first-order valence-electron chi connectivity index (χ1n) is 13.6. The molecule has 0 saturated carbocycles. The summed E-state index contributed by atoms with van der Waals surface area (Å²) in [5.74, 6) is 0.458. The molecule has 214 valence electrons. The Hall–Kier alpha value is -4.79. The minimum atomic E-state index is -0.355. The van der Waals surface area contributed by atoms with Gasteiger partial charge in [0.15, 0.2) is 17.3 Å². The van der Waals surface area contributed by atoms with Gasteiger partial charge in [0.2, 0.25) is 0 Å². The van der Waals surface area contributed by atoms with E-state index in [0.29, 0.717) is 73.6 Å². The smallest absolute Gasteiger partial charge is 0.193 e. The number of rotatable bonds is 3. The summed E-state index contributed by atoms with van der Waals surface area (Å²) in [5, 5.41) is 0. The van der Waals surface area contributed by atoms with Gasteiger partial charge < -0.3 is 23.7 Å². The topological polar surface area (TPSA) is 97.4 Å². The molecule has 1 heterocycles. The number of fused-ring (bicyclic) bond motifs is 6. The van der Waals surface area contributed by atoms with Crippen LogP contribution in [0.4, 0.5) is 0 Å². The molecule has 8 nitrogen and oxygen atoms in total. The summed E-state index contributed by atoms with van der Waals surface area (Å²) in [6.07, 6.45) is 0. The Kier molecular flexibility index (Phi) is 9.38. The van der Waals surface area contributed by atoms with Crippen LogP contribution in [0.1, 0.15) is 47.8 Å². The van der Waals surface area contributed by atoms with Crippen LogP contribution in [0.2, 0.25) is 0 Å². The fourth-order valence-corrected chi connectivity index (χ4v) is 4.50. The molecule has 1 aliphatic rings. The number of methoxy groups -OCH3 is 1. The molecule has 0 spiro atoms. The highest BCUT2D eigenvalue weighted by Gasteiger charge is 2.20. The highest BCUT2D eigenvalue weighted by atomic mass is 16.6. The van der Waals surface area contributed by atoms with Crippen molar-refractivity contribution in [2.45, 2.75) is 0 Å². The van der Waals surface area contributed by atoms with E-state index in [-0.39, 0.29) is 34.0 Å². The van der Waals surface area contributed by atoms with Gasteiger partial charge in [-0.05, 0) is 54.6 Å². The summed E-state index contributed by atoms with van der Waals surface area (Å²) in [6, 6.07) is 24.8. The fraction of sp³-hybridized carbons (Fsp3) is 0.206. The lowest BCUT2D eigenvalue weighted by molar-refractivity contribution is 0.0273. The molecule has 0 aromatic heterocycles. The second-order valence-corrected chi connectivity index (χ2v) is 9.50. The van der Waals surface area contributed by atoms with Crippen LogP contribution in [0.25, 0.3) is 0 Å². The van der Waals surface area contributed by atoms with E-state index in [1.54, 1.807) is 72.8 Å². The Morgan fingerprint density at radius 3 is 1.64 bits per heavy atom. The van der Waals surface area contributed by atoms with E-state index in [1.807, 2.05) is 0 Å². The van der Waals surface area contributed by atoms with Gasteiger partial charge in [-0.15, -0.1) is 0 Å². The maximum absolute atomic E-state index is 13.7. The van der Waals surface area contributed by atoms with Crippen molar-refractivity contribution in [2.75, 3.05) is 46.8 Å². The SMILES string of the molecule is COc1cccc(C(=O)c2cc3cc(c2)C(=O)c2cccc(c2)OCCOCCOCCOc2cccc(c2)C3=O)c1. The molecular weight excluding hydrogens is 536 g/mol. The maximum Gasteiger partial charge on any atom is 0.193 e. The van der Waals surface area contributed by atoms with Crippen molar-refractivity contribution in [3.63, 3.8) is 0 Å². The Labute approximate surface area is 243 Å². The van der Waals surface area contributed by atoms with E-state index in [4.69, 9.17) is 23.7 Å². The van der Waals surface area contributed by atoms with Crippen LogP contribution >= 0.6 is 0 Å². The number of carbonyl (C=O) groups is 3. The summed E-state index contributed by atoms with van der Waals surface area (Å²) < 4.78 is 27.9. The molecule has 0 N–H and O–H groups in total. The van der Waals surface area contributed by atoms with Gasteiger partial charge in [0.1, 0.15) is 30.5 Å². The number of hydrogen-bond acceptors (Lipinski definition) is 8. The second-order valence-electron chi connectivity index (χ2n) is 9.50. The van der Waals surface area contributed by atoms with Crippen LogP contribution in [0.3, 0.4) is 0 Å². The highest BCUT2D eigenvalue weighted by molar-refractivity contribution is 6.17. The van der Waals surface area contributed by atoms with Gasteiger partial charge in [-0.25, -0.2) is 0 Å². The third-order valence-electron chi connectivity index (χ3n) is 6.61. The lowest BCUT2D eigenvalue weighted by atomic mass is 9.92. The molecule has 0 saturated heterocycles. The zero-order chi connectivity index (χ0) is 29.3. The van der Waals surface area contributed by atoms with Crippen molar-refractivity contribution < 1.29 is 38.1 Å². The average molecular weight is 567 g/mol. The Balaban J connectivity index is 1.57. The summed E-state index contributed by atoms with van der Waals surface area (Å²) in [7, 11) is 1.52. The van der Waals surface area contributed by atoms with Gasteiger partial charge >= 0.3 is 0 Å². The molecule has 0 unspecified atom stereocenters. The van der Waals surface area contributed by atoms with E-state index in [0.717, 1.165) is 0 Å². The monoisotopic (exact) mass is 566 g/mol. The largest absolute Gasteiger partial charge is 0.497 e. The fourth-order valence-electron chi connectivity index (χ4n) is 4.50. The third kappa shape index (κ3) is 7.09. The van der Waals surface area contributed by atoms with Gasteiger partial charge in [0.05, 0.1) is 33.5 Å². The normalized spacial score (nSPS) is 14.6. The first kappa shape index (κ1) is 28.7. The lowest BCUT2D eigenvalue weighted by Crippen LogP contribution is -2.13. The molecule has 6 bridgehead atoms. The number of carbonyl (C=O) groups excluding carboxylic acids is 3. The van der Waals surface area contributed by atoms with Crippen LogP contribution in [0.5, 0.6) is 17.2 Å². The average Bonchev–Trinajstić information content (AvgIpc) is 3.04. The molecule has 42 heavy (non-hydrogen) atoms. The predicted octanol–water partition coefficient (Wildman–Crippen LogP) is 5.19. The summed E-state index contributed by atoms with van der Waals surface area (Å²) in [5.41, 5.74) is 1.67. The zero-order valence-electron chi connectivity index (χ0n) is 23.2. The Bertz CT molecular complexity index is 1510. The van der Waals surface area contributed by atoms with E-state index in [2.05, 4.69) is 0 Å². The van der Waals surface area contributed by atoms with E-state index >= 15 is 0 Å². The molecule has 1 aliphatic heterocycles. The molecule has 4 aromatic carbocycles. The standard InChI is InChI=1S/C34H30O8/c1-38-29-8-2-5-23(20-29)32(35)26-17-27-19-28(18-26)34(37)25-7-4-10-31(22-25)42-16-14-40-12-11-39-13-15-41-30-9-3-6-24(21-30)33(27)36/h2-10,17-22H,11-16H2,1H3. The molecule has 8 heteroatoms. The summed E-state index contributed by atoms with van der Waals surface area (Å²) in [4.78, 5) is 41.1. The van der Waals surface area contributed by atoms with Crippen LogP contribution < -0.4 is 14.2 Å². The number of hydrogen-bond donors (Lipinski definition) is 0. The van der Waals surface area contributed by atoms with Crippen LogP contribution in [-0.4, -0.2) is 64.1 Å². The quantitative estimate of drug-likeness (QED) is 0.313. The molecule has 0 fully saturated rings. The van der Waals surface area contributed by atoms with E-state index < -0.39 is 0 Å². The van der Waals surface area contributed by atoms with Crippen molar-refractivity contribution in [1.82, 2.24) is 0 Å². The minimum Gasteiger partial charge on any atom is -0.497 e. The number of ketones is 3. The molecule has 0 amide bonds. The highest BCUT2D eigenvalue weighted by Crippen LogP contribution is 2.24. The predicted molar refractivity (Wildman–Crippen MR) is 155 cm³/mol. The van der Waals surface area contributed by atoms with Gasteiger partial charge in [-0.2, -0.15) is 0 Å². The number of benzene rings is 4. The van der Waals surface area contributed by atoms with Crippen LogP contribution in [0, 0.1) is 0 Å². The third-order valence-corrected chi connectivity index (χ3v) is 6.61. The van der Waals surface area contributed by atoms with Gasteiger partial charge in [0, 0.05) is 33.4 Å². The van der Waals surface area contributed by atoms with Gasteiger partial charge in [-0.3, -0.25) is 14.4 Å². The first-order valence-corrected chi connectivity index (χ1v) is 13.6. The number of ether oxygens (including phenoxy) is 5. The van der Waals surface area contributed by atoms with Crippen LogP contribution in [0.15, 0.2) is 91.0 Å². The van der Waals surface area contributed by atoms with E-state index in [1.165, 1.54) is 25.3 Å². The molecule has 0 aliphatic carbocycles. The maximum atomic E-state index is 13.7. The molecule has 0 radical (unpaired) electrons. The molecule has 0 atom stereocenters. The Morgan fingerprint density at radius 1 is 0.571 bits per heavy atom. The van der Waals surface area contributed by atoms with Crippen molar-refractivity contribution in [1.29, 1.82) is 0 Å². The summed E-state index contributed by atoms with van der Waals surface area (Å²) in [6.45, 7) is 2.09. The van der Waals surface area contributed by atoms with Crippen LogP contribution in [-0.2, 0) is 9.47 Å². The first-order chi connectivity index (χ1) is 20.5. The van der Waals surface area contributed by atoms with Crippen molar-refractivity contribution >= 4 is 17.3 Å². The minimum absolute atomic E-state index is 0.197. The lowest BCUT2D eigenvalue weighted by Gasteiger charge is -2.11. The molecular formula is C34H30O8. The van der Waals surface area contributed by atoms with Gasteiger partial charge in [-0.1, -0.05) is 36.4 Å². The molecule has 4 aromatic rings. The second kappa shape index (κ2) is 13.7. The Morgan fingerprint density at radius 2 is 1.10 bits per heavy atom.